The fraction of sp³-hybridized carbons (Fsp3) is 0.308. The van der Waals surface area contributed by atoms with Crippen molar-refractivity contribution in [3.05, 3.63) is 48.3 Å². The Kier molecular flexibility index (Phi) is 4.53. The second-order valence-electron chi connectivity index (χ2n) is 4.46. The van der Waals surface area contributed by atoms with Gasteiger partial charge < -0.3 is 5.11 Å². The highest BCUT2D eigenvalue weighted by molar-refractivity contribution is 7.89. The Balaban J connectivity index is 1.90. The zero-order chi connectivity index (χ0) is 14.6. The number of hydrogen-bond donors (Lipinski definition) is 2. The van der Waals surface area contributed by atoms with Crippen LogP contribution in [0.2, 0.25) is 0 Å². The summed E-state index contributed by atoms with van der Waals surface area (Å²) in [6.07, 6.45) is 2.34. The smallest absolute Gasteiger partial charge is 0.243 e. The average Bonchev–Trinajstić information content (AvgIpc) is 2.87. The SMILES string of the molecule is Cn1cc(S(=O)(=O)NCC[C@H](O)c2ccccc2)cn1. The number of sulfonamides is 1. The van der Waals surface area contributed by atoms with Crippen molar-refractivity contribution < 1.29 is 13.5 Å². The summed E-state index contributed by atoms with van der Waals surface area (Å²) in [5.41, 5.74) is 0.771. The van der Waals surface area contributed by atoms with E-state index in [0.717, 1.165) is 5.56 Å². The molecule has 0 fully saturated rings. The number of rotatable bonds is 6. The predicted octanol–water partition coefficient (Wildman–Crippen LogP) is 0.822. The summed E-state index contributed by atoms with van der Waals surface area (Å²) in [6.45, 7) is 0.160. The Morgan fingerprint density at radius 2 is 2.05 bits per heavy atom. The zero-order valence-corrected chi connectivity index (χ0v) is 11.9. The van der Waals surface area contributed by atoms with Crippen molar-refractivity contribution in [3.8, 4) is 0 Å². The molecule has 6 nitrogen and oxygen atoms in total. The van der Waals surface area contributed by atoms with Crippen molar-refractivity contribution in [2.75, 3.05) is 6.54 Å². The van der Waals surface area contributed by atoms with Gasteiger partial charge in [-0.3, -0.25) is 4.68 Å². The predicted molar refractivity (Wildman–Crippen MR) is 74.4 cm³/mol. The molecule has 0 spiro atoms. The van der Waals surface area contributed by atoms with Gasteiger partial charge in [-0.15, -0.1) is 0 Å². The van der Waals surface area contributed by atoms with E-state index in [4.69, 9.17) is 0 Å². The summed E-state index contributed by atoms with van der Waals surface area (Å²) in [5.74, 6) is 0. The highest BCUT2D eigenvalue weighted by Crippen LogP contribution is 2.15. The molecule has 7 heteroatoms. The molecule has 108 valence electrons. The molecule has 0 aliphatic carbocycles. The Hall–Kier alpha value is -1.70. The summed E-state index contributed by atoms with van der Waals surface area (Å²) in [7, 11) is -1.91. The summed E-state index contributed by atoms with van der Waals surface area (Å²) < 4.78 is 27.7. The molecule has 0 bridgehead atoms. The third kappa shape index (κ3) is 3.66. The third-order valence-electron chi connectivity index (χ3n) is 2.89. The first-order valence-corrected chi connectivity index (χ1v) is 7.69. The second-order valence-corrected chi connectivity index (χ2v) is 6.23. The minimum Gasteiger partial charge on any atom is -0.388 e. The minimum atomic E-state index is -3.56. The number of nitrogens with zero attached hydrogens (tertiary/aromatic N) is 2. The van der Waals surface area contributed by atoms with Crippen LogP contribution in [0.3, 0.4) is 0 Å². The van der Waals surface area contributed by atoms with Gasteiger partial charge in [0.25, 0.3) is 0 Å². The van der Waals surface area contributed by atoms with Gasteiger partial charge in [0, 0.05) is 19.8 Å². The molecule has 0 aliphatic rings. The molecule has 1 heterocycles. The van der Waals surface area contributed by atoms with Gasteiger partial charge in [-0.2, -0.15) is 5.10 Å². The van der Waals surface area contributed by atoms with Crippen LogP contribution in [-0.2, 0) is 17.1 Å². The maximum Gasteiger partial charge on any atom is 0.243 e. The summed E-state index contributed by atoms with van der Waals surface area (Å²) >= 11 is 0. The van der Waals surface area contributed by atoms with Gasteiger partial charge in [0.15, 0.2) is 0 Å². The quantitative estimate of drug-likeness (QED) is 0.826. The molecule has 0 saturated heterocycles. The standard InChI is InChI=1S/C13H17N3O3S/c1-16-10-12(9-14-16)20(18,19)15-8-7-13(17)11-5-3-2-4-6-11/h2-6,9-10,13,15,17H,7-8H2,1H3/t13-/m0/s1. The van der Waals surface area contributed by atoms with Crippen LogP contribution in [0.15, 0.2) is 47.6 Å². The molecule has 1 aromatic carbocycles. The maximum atomic E-state index is 11.9. The van der Waals surface area contributed by atoms with E-state index in [0.29, 0.717) is 6.42 Å². The monoisotopic (exact) mass is 295 g/mol. The van der Waals surface area contributed by atoms with Gasteiger partial charge in [0.05, 0.1) is 12.3 Å². The molecule has 1 atom stereocenters. The largest absolute Gasteiger partial charge is 0.388 e. The van der Waals surface area contributed by atoms with Crippen LogP contribution < -0.4 is 4.72 Å². The topological polar surface area (TPSA) is 84.2 Å². The normalized spacial score (nSPS) is 13.3. The van der Waals surface area contributed by atoms with Crippen LogP contribution in [0.5, 0.6) is 0 Å². The van der Waals surface area contributed by atoms with Crippen LogP contribution >= 0.6 is 0 Å². The molecular formula is C13H17N3O3S. The molecule has 20 heavy (non-hydrogen) atoms. The van der Waals surface area contributed by atoms with Crippen molar-refractivity contribution in [1.82, 2.24) is 14.5 Å². The number of nitrogens with one attached hydrogen (secondary N) is 1. The first kappa shape index (κ1) is 14.7. The average molecular weight is 295 g/mol. The molecule has 0 unspecified atom stereocenters. The lowest BCUT2D eigenvalue weighted by Crippen LogP contribution is -2.25. The van der Waals surface area contributed by atoms with Gasteiger partial charge in [-0.1, -0.05) is 30.3 Å². The number of aliphatic hydroxyl groups is 1. The van der Waals surface area contributed by atoms with Crippen molar-refractivity contribution in [1.29, 1.82) is 0 Å². The molecule has 2 N–H and O–H groups in total. The lowest BCUT2D eigenvalue weighted by Gasteiger charge is -2.11. The Bertz CT molecular complexity index is 653. The molecule has 0 aliphatic heterocycles. The van der Waals surface area contributed by atoms with Crippen LogP contribution in [0.4, 0.5) is 0 Å². The number of hydrogen-bond acceptors (Lipinski definition) is 4. The van der Waals surface area contributed by atoms with Crippen LogP contribution in [0, 0.1) is 0 Å². The molecule has 0 amide bonds. The van der Waals surface area contributed by atoms with Crippen molar-refractivity contribution in [2.45, 2.75) is 17.4 Å². The van der Waals surface area contributed by atoms with E-state index < -0.39 is 16.1 Å². The first-order chi connectivity index (χ1) is 9.49. The fourth-order valence-electron chi connectivity index (χ4n) is 1.79. The number of aliphatic hydroxyl groups excluding tert-OH is 1. The van der Waals surface area contributed by atoms with E-state index in [9.17, 15) is 13.5 Å². The van der Waals surface area contributed by atoms with Crippen molar-refractivity contribution in [3.63, 3.8) is 0 Å². The van der Waals surface area contributed by atoms with Gasteiger partial charge in [-0.05, 0) is 12.0 Å². The number of benzene rings is 1. The second kappa shape index (κ2) is 6.17. The lowest BCUT2D eigenvalue weighted by atomic mass is 10.1. The zero-order valence-electron chi connectivity index (χ0n) is 11.1. The fourth-order valence-corrected chi connectivity index (χ4v) is 2.82. The van der Waals surface area contributed by atoms with Gasteiger partial charge >= 0.3 is 0 Å². The summed E-state index contributed by atoms with van der Waals surface area (Å²) in [5, 5.41) is 13.8. The van der Waals surface area contributed by atoms with E-state index in [1.54, 1.807) is 19.2 Å². The molecule has 0 saturated carbocycles. The Morgan fingerprint density at radius 1 is 1.35 bits per heavy atom. The highest BCUT2D eigenvalue weighted by atomic mass is 32.2. The van der Waals surface area contributed by atoms with E-state index in [2.05, 4.69) is 9.82 Å². The third-order valence-corrected chi connectivity index (χ3v) is 4.30. The van der Waals surface area contributed by atoms with E-state index in [1.165, 1.54) is 17.1 Å². The molecule has 2 aromatic rings. The molecule has 1 aromatic heterocycles. The van der Waals surface area contributed by atoms with E-state index >= 15 is 0 Å². The molecule has 0 radical (unpaired) electrons. The first-order valence-electron chi connectivity index (χ1n) is 6.20. The van der Waals surface area contributed by atoms with Crippen LogP contribution in [-0.4, -0.2) is 29.8 Å². The van der Waals surface area contributed by atoms with Gasteiger partial charge in [-0.25, -0.2) is 13.1 Å². The highest BCUT2D eigenvalue weighted by Gasteiger charge is 2.16. The van der Waals surface area contributed by atoms with Gasteiger partial charge in [0.2, 0.25) is 10.0 Å². The van der Waals surface area contributed by atoms with E-state index in [1.807, 2.05) is 18.2 Å². The molecular weight excluding hydrogens is 278 g/mol. The Labute approximate surface area is 118 Å². The lowest BCUT2D eigenvalue weighted by molar-refractivity contribution is 0.169. The number of aryl methyl sites for hydroxylation is 1. The van der Waals surface area contributed by atoms with E-state index in [-0.39, 0.29) is 11.4 Å². The van der Waals surface area contributed by atoms with Gasteiger partial charge in [0.1, 0.15) is 4.90 Å². The Morgan fingerprint density at radius 3 is 2.65 bits per heavy atom. The van der Waals surface area contributed by atoms with Crippen LogP contribution in [0.1, 0.15) is 18.1 Å². The maximum absolute atomic E-state index is 11.9. The van der Waals surface area contributed by atoms with Crippen molar-refractivity contribution >= 4 is 10.0 Å². The minimum absolute atomic E-state index is 0.120. The summed E-state index contributed by atoms with van der Waals surface area (Å²) in [4.78, 5) is 0.120. The van der Waals surface area contributed by atoms with Crippen LogP contribution in [0.25, 0.3) is 0 Å². The number of aromatic nitrogens is 2. The summed E-state index contributed by atoms with van der Waals surface area (Å²) in [6, 6.07) is 9.14. The van der Waals surface area contributed by atoms with Crippen molar-refractivity contribution in [2.24, 2.45) is 7.05 Å². The molecule has 2 rings (SSSR count).